The first-order chi connectivity index (χ1) is 10.5. The Morgan fingerprint density at radius 2 is 1.91 bits per heavy atom. The van der Waals surface area contributed by atoms with Gasteiger partial charge < -0.3 is 16.0 Å². The van der Waals surface area contributed by atoms with E-state index in [0.29, 0.717) is 44.4 Å². The zero-order valence-corrected chi connectivity index (χ0v) is 16.7. The molecule has 2 aliphatic rings. The molecule has 2 rings (SSSR count). The topological polar surface area (TPSA) is 99.7 Å². The number of aliphatic imine (C=N–C) groups is 1. The quantitative estimate of drug-likeness (QED) is 0.222. The molecule has 23 heavy (non-hydrogen) atoms. The molecule has 3 N–H and O–H groups in total. The normalized spacial score (nSPS) is 23.0. The van der Waals surface area contributed by atoms with Crippen molar-refractivity contribution in [2.75, 3.05) is 24.6 Å². The molecule has 1 atom stereocenters. The number of hydrogen-bond donors (Lipinski definition) is 3. The van der Waals surface area contributed by atoms with Gasteiger partial charge in [-0.15, -0.1) is 24.0 Å². The van der Waals surface area contributed by atoms with Crippen LogP contribution >= 0.6 is 24.0 Å². The summed E-state index contributed by atoms with van der Waals surface area (Å²) >= 11 is 0. The minimum absolute atomic E-state index is 0. The number of sulfone groups is 1. The minimum atomic E-state index is -2.90. The lowest BCUT2D eigenvalue weighted by Crippen LogP contribution is -2.44. The summed E-state index contributed by atoms with van der Waals surface area (Å²) in [7, 11) is -2.90. The van der Waals surface area contributed by atoms with Crippen molar-refractivity contribution in [2.45, 2.75) is 51.1 Å². The zero-order chi connectivity index (χ0) is 16.0. The Morgan fingerprint density at radius 1 is 1.17 bits per heavy atom. The highest BCUT2D eigenvalue weighted by Crippen LogP contribution is 2.18. The fourth-order valence-electron chi connectivity index (χ4n) is 2.38. The van der Waals surface area contributed by atoms with Crippen LogP contribution in [0.15, 0.2) is 4.99 Å². The van der Waals surface area contributed by atoms with Crippen LogP contribution in [-0.4, -0.2) is 57.0 Å². The number of amides is 1. The van der Waals surface area contributed by atoms with Crippen LogP contribution in [0.3, 0.4) is 0 Å². The summed E-state index contributed by atoms with van der Waals surface area (Å²) in [6, 6.07) is 0.334. The lowest BCUT2D eigenvalue weighted by atomic mass is 10.3. The molecular formula is C14H27IN4O3S. The van der Waals surface area contributed by atoms with Gasteiger partial charge in [0, 0.05) is 31.6 Å². The van der Waals surface area contributed by atoms with E-state index in [-0.39, 0.29) is 47.4 Å². The average molecular weight is 458 g/mol. The first-order valence-corrected chi connectivity index (χ1v) is 9.85. The third-order valence-corrected chi connectivity index (χ3v) is 5.46. The maximum atomic E-state index is 11.6. The highest BCUT2D eigenvalue weighted by atomic mass is 127. The molecule has 0 aromatic rings. The van der Waals surface area contributed by atoms with Crippen molar-refractivity contribution in [3.8, 4) is 0 Å². The molecule has 0 aromatic carbocycles. The standard InChI is InChI=1S/C14H26N4O3S.HI/c1-2-15-14(18-12-7-9-22(20,21)10-12)16-8-3-4-13(19)17-11-5-6-11;/h11-12H,2-10H2,1H3,(H,17,19)(H2,15,16,18);1H. The molecule has 1 amide bonds. The Bertz CT molecular complexity index is 520. The van der Waals surface area contributed by atoms with E-state index in [9.17, 15) is 13.2 Å². The van der Waals surface area contributed by atoms with Gasteiger partial charge >= 0.3 is 0 Å². The van der Waals surface area contributed by atoms with Gasteiger partial charge in [-0.1, -0.05) is 0 Å². The van der Waals surface area contributed by atoms with Gasteiger partial charge in [-0.25, -0.2) is 8.42 Å². The van der Waals surface area contributed by atoms with Gasteiger partial charge in [0.1, 0.15) is 0 Å². The summed E-state index contributed by atoms with van der Waals surface area (Å²) < 4.78 is 22.9. The maximum absolute atomic E-state index is 11.6. The molecular weight excluding hydrogens is 431 g/mol. The highest BCUT2D eigenvalue weighted by molar-refractivity contribution is 14.0. The van der Waals surface area contributed by atoms with Gasteiger partial charge in [-0.2, -0.15) is 0 Å². The Balaban J connectivity index is 0.00000264. The lowest BCUT2D eigenvalue weighted by Gasteiger charge is -2.15. The Labute approximate surface area is 155 Å². The molecule has 7 nitrogen and oxygen atoms in total. The third-order valence-electron chi connectivity index (χ3n) is 3.69. The number of nitrogens with zero attached hydrogens (tertiary/aromatic N) is 1. The number of hydrogen-bond acceptors (Lipinski definition) is 4. The molecule has 9 heteroatoms. The van der Waals surface area contributed by atoms with E-state index in [1.807, 2.05) is 6.92 Å². The van der Waals surface area contributed by atoms with E-state index in [0.717, 1.165) is 12.8 Å². The number of carbonyl (C=O) groups is 1. The fraction of sp³-hybridized carbons (Fsp3) is 0.857. The summed E-state index contributed by atoms with van der Waals surface area (Å²) in [6.45, 7) is 3.23. The molecule has 1 unspecified atom stereocenters. The van der Waals surface area contributed by atoms with Crippen LogP contribution in [0, 0.1) is 0 Å². The number of rotatable bonds is 7. The fourth-order valence-corrected chi connectivity index (χ4v) is 4.05. The smallest absolute Gasteiger partial charge is 0.220 e. The van der Waals surface area contributed by atoms with Crippen LogP contribution in [0.25, 0.3) is 0 Å². The van der Waals surface area contributed by atoms with Crippen LogP contribution in [0.1, 0.15) is 39.0 Å². The lowest BCUT2D eigenvalue weighted by molar-refractivity contribution is -0.121. The first-order valence-electron chi connectivity index (χ1n) is 8.03. The van der Waals surface area contributed by atoms with Gasteiger partial charge in [-0.05, 0) is 32.6 Å². The second-order valence-corrected chi connectivity index (χ2v) is 8.18. The highest BCUT2D eigenvalue weighted by Gasteiger charge is 2.28. The van der Waals surface area contributed by atoms with E-state index < -0.39 is 9.84 Å². The predicted octanol–water partition coefficient (Wildman–Crippen LogP) is 0.405. The second-order valence-electron chi connectivity index (χ2n) is 5.95. The zero-order valence-electron chi connectivity index (χ0n) is 13.5. The van der Waals surface area contributed by atoms with Gasteiger partial charge in [0.15, 0.2) is 15.8 Å². The van der Waals surface area contributed by atoms with Crippen LogP contribution in [0.5, 0.6) is 0 Å². The molecule has 134 valence electrons. The van der Waals surface area contributed by atoms with E-state index >= 15 is 0 Å². The van der Waals surface area contributed by atoms with E-state index in [1.165, 1.54) is 0 Å². The van der Waals surface area contributed by atoms with E-state index in [4.69, 9.17) is 0 Å². The second kappa shape index (κ2) is 9.65. The van der Waals surface area contributed by atoms with E-state index in [1.54, 1.807) is 0 Å². The van der Waals surface area contributed by atoms with Crippen LogP contribution in [0.4, 0.5) is 0 Å². The molecule has 1 saturated carbocycles. The summed E-state index contributed by atoms with van der Waals surface area (Å²) in [4.78, 5) is 16.0. The molecule has 0 spiro atoms. The molecule has 1 aliphatic carbocycles. The predicted molar refractivity (Wildman–Crippen MR) is 102 cm³/mol. The molecule has 0 bridgehead atoms. The SMILES string of the molecule is CCNC(=NCCCC(=O)NC1CC1)NC1CCS(=O)(=O)C1.I. The molecule has 1 heterocycles. The van der Waals surface area contributed by atoms with Gasteiger partial charge in [-0.3, -0.25) is 9.79 Å². The van der Waals surface area contributed by atoms with Crippen molar-refractivity contribution in [1.82, 2.24) is 16.0 Å². The van der Waals surface area contributed by atoms with Gasteiger partial charge in [0.25, 0.3) is 0 Å². The number of nitrogens with one attached hydrogen (secondary N) is 3. The van der Waals surface area contributed by atoms with Crippen LogP contribution in [0.2, 0.25) is 0 Å². The molecule has 0 aromatic heterocycles. The van der Waals surface area contributed by atoms with Crippen LogP contribution in [-0.2, 0) is 14.6 Å². The molecule has 1 aliphatic heterocycles. The van der Waals surface area contributed by atoms with Gasteiger partial charge in [0.2, 0.25) is 5.91 Å². The molecule has 2 fully saturated rings. The van der Waals surface area contributed by atoms with Crippen LogP contribution < -0.4 is 16.0 Å². The summed E-state index contributed by atoms with van der Waals surface area (Å²) in [5.41, 5.74) is 0. The Hall–Kier alpha value is -0.580. The minimum Gasteiger partial charge on any atom is -0.357 e. The molecule has 0 radical (unpaired) electrons. The number of guanidine groups is 1. The van der Waals surface area contributed by atoms with Crippen molar-refractivity contribution in [3.05, 3.63) is 0 Å². The molecule has 1 saturated heterocycles. The summed E-state index contributed by atoms with van der Waals surface area (Å²) in [5.74, 6) is 1.14. The average Bonchev–Trinajstić information content (AvgIpc) is 3.18. The monoisotopic (exact) mass is 458 g/mol. The Kier molecular flexibility index (Phi) is 8.59. The first kappa shape index (κ1) is 20.5. The third kappa shape index (κ3) is 8.18. The van der Waals surface area contributed by atoms with Crippen molar-refractivity contribution in [2.24, 2.45) is 4.99 Å². The maximum Gasteiger partial charge on any atom is 0.220 e. The van der Waals surface area contributed by atoms with Crippen molar-refractivity contribution in [1.29, 1.82) is 0 Å². The summed E-state index contributed by atoms with van der Waals surface area (Å²) in [6.07, 6.45) is 4.00. The van der Waals surface area contributed by atoms with Crippen molar-refractivity contribution in [3.63, 3.8) is 0 Å². The number of carbonyl (C=O) groups excluding carboxylic acids is 1. The largest absolute Gasteiger partial charge is 0.357 e. The van der Waals surface area contributed by atoms with Gasteiger partial charge in [0.05, 0.1) is 11.5 Å². The Morgan fingerprint density at radius 3 is 2.48 bits per heavy atom. The summed E-state index contributed by atoms with van der Waals surface area (Å²) in [5, 5.41) is 9.22. The van der Waals surface area contributed by atoms with Crippen molar-refractivity contribution < 1.29 is 13.2 Å². The van der Waals surface area contributed by atoms with E-state index in [2.05, 4.69) is 20.9 Å². The van der Waals surface area contributed by atoms with Crippen molar-refractivity contribution >= 4 is 45.7 Å². The number of halogens is 1.